The van der Waals surface area contributed by atoms with Crippen molar-refractivity contribution in [1.29, 1.82) is 0 Å². The predicted molar refractivity (Wildman–Crippen MR) is 116 cm³/mol. The van der Waals surface area contributed by atoms with E-state index in [1.165, 1.54) is 0 Å². The van der Waals surface area contributed by atoms with Crippen LogP contribution in [0.1, 0.15) is 66.1 Å². The molecule has 1 unspecified atom stereocenters. The number of rotatable bonds is 7. The van der Waals surface area contributed by atoms with Gasteiger partial charge in [-0.2, -0.15) is 4.98 Å². The molecule has 1 amide bonds. The maximum atomic E-state index is 13.2. The summed E-state index contributed by atoms with van der Waals surface area (Å²) in [5.41, 5.74) is 1.82. The lowest BCUT2D eigenvalue weighted by atomic mass is 9.96. The van der Waals surface area contributed by atoms with Crippen LogP contribution in [-0.4, -0.2) is 27.1 Å². The first-order valence-electron chi connectivity index (χ1n) is 10.4. The molecule has 1 atom stereocenters. The van der Waals surface area contributed by atoms with Gasteiger partial charge in [0.1, 0.15) is 0 Å². The zero-order valence-electron chi connectivity index (χ0n) is 18.3. The quantitative estimate of drug-likeness (QED) is 0.592. The van der Waals surface area contributed by atoms with Crippen LogP contribution in [0.2, 0.25) is 0 Å². The number of aromatic amines is 1. The van der Waals surface area contributed by atoms with Crippen LogP contribution in [0.25, 0.3) is 10.9 Å². The van der Waals surface area contributed by atoms with Crippen LogP contribution in [0.5, 0.6) is 0 Å². The monoisotopic (exact) mass is 396 g/mol. The average Bonchev–Trinajstić information content (AvgIpc) is 3.28. The molecular formula is C23H32N4O2. The van der Waals surface area contributed by atoms with E-state index in [9.17, 15) is 4.79 Å². The molecule has 1 N–H and O–H groups in total. The first-order chi connectivity index (χ1) is 13.6. The zero-order valence-corrected chi connectivity index (χ0v) is 18.3. The largest absolute Gasteiger partial charge is 0.361 e. The van der Waals surface area contributed by atoms with Crippen LogP contribution in [0.3, 0.4) is 0 Å². The van der Waals surface area contributed by atoms with Crippen LogP contribution < -0.4 is 4.90 Å². The summed E-state index contributed by atoms with van der Waals surface area (Å²) in [5.74, 6) is 1.76. The number of hydrogen-bond acceptors (Lipinski definition) is 4. The minimum atomic E-state index is -0.171. The number of aromatic nitrogens is 3. The standard InChI is InChI=1S/C23H32N4O2/c1-15(2)13-16(3)27(18-7-8-19-17(14-18)11-12-24-19)21(28)10-9-20-25-22(26-29-20)23(4,5)6/h7-8,11-12,14-16,24H,9-10,13H2,1-6H3. The summed E-state index contributed by atoms with van der Waals surface area (Å²) in [6, 6.07) is 8.25. The highest BCUT2D eigenvalue weighted by Crippen LogP contribution is 2.26. The van der Waals surface area contributed by atoms with E-state index in [2.05, 4.69) is 42.0 Å². The molecule has 0 bridgehead atoms. The lowest BCUT2D eigenvalue weighted by Crippen LogP contribution is -2.39. The summed E-state index contributed by atoms with van der Waals surface area (Å²) in [7, 11) is 0. The van der Waals surface area contributed by atoms with Gasteiger partial charge in [0.15, 0.2) is 5.82 Å². The highest BCUT2D eigenvalue weighted by Gasteiger charge is 2.25. The number of aryl methyl sites for hydroxylation is 1. The predicted octanol–water partition coefficient (Wildman–Crippen LogP) is 5.25. The molecule has 2 aromatic heterocycles. The Hall–Kier alpha value is -2.63. The number of carbonyl (C=O) groups is 1. The molecular weight excluding hydrogens is 364 g/mol. The summed E-state index contributed by atoms with van der Waals surface area (Å²) >= 11 is 0. The number of amides is 1. The van der Waals surface area contributed by atoms with Crippen LogP contribution in [0.4, 0.5) is 5.69 Å². The fourth-order valence-electron chi connectivity index (χ4n) is 3.62. The molecule has 0 spiro atoms. The van der Waals surface area contributed by atoms with Crippen molar-refractivity contribution >= 4 is 22.5 Å². The average molecular weight is 397 g/mol. The Balaban J connectivity index is 1.79. The molecule has 3 aromatic rings. The van der Waals surface area contributed by atoms with E-state index < -0.39 is 0 Å². The van der Waals surface area contributed by atoms with Gasteiger partial charge in [0.25, 0.3) is 0 Å². The lowest BCUT2D eigenvalue weighted by molar-refractivity contribution is -0.119. The van der Waals surface area contributed by atoms with Gasteiger partial charge >= 0.3 is 0 Å². The van der Waals surface area contributed by atoms with Gasteiger partial charge in [0, 0.05) is 47.1 Å². The fourth-order valence-corrected chi connectivity index (χ4v) is 3.62. The van der Waals surface area contributed by atoms with E-state index in [1.807, 2.05) is 50.1 Å². The normalized spacial score (nSPS) is 13.2. The summed E-state index contributed by atoms with van der Waals surface area (Å²) in [4.78, 5) is 22.8. The molecule has 3 rings (SSSR count). The number of fused-ring (bicyclic) bond motifs is 1. The third-order valence-electron chi connectivity index (χ3n) is 5.03. The van der Waals surface area contributed by atoms with Gasteiger partial charge in [-0.15, -0.1) is 0 Å². The summed E-state index contributed by atoms with van der Waals surface area (Å²) in [6.45, 7) is 12.6. The molecule has 0 saturated heterocycles. The minimum absolute atomic E-state index is 0.0727. The Kier molecular flexibility index (Phi) is 6.10. The molecule has 0 aliphatic carbocycles. The molecule has 0 saturated carbocycles. The van der Waals surface area contributed by atoms with Crippen molar-refractivity contribution < 1.29 is 9.32 Å². The highest BCUT2D eigenvalue weighted by atomic mass is 16.5. The fraction of sp³-hybridized carbons (Fsp3) is 0.522. The summed E-state index contributed by atoms with van der Waals surface area (Å²) in [6.07, 6.45) is 3.63. The van der Waals surface area contributed by atoms with Gasteiger partial charge < -0.3 is 14.4 Å². The van der Waals surface area contributed by atoms with E-state index in [4.69, 9.17) is 4.52 Å². The Bertz CT molecular complexity index is 965. The van der Waals surface area contributed by atoms with E-state index in [0.29, 0.717) is 30.5 Å². The molecule has 1 aromatic carbocycles. The molecule has 0 fully saturated rings. The van der Waals surface area contributed by atoms with E-state index >= 15 is 0 Å². The number of nitrogens with one attached hydrogen (secondary N) is 1. The first-order valence-corrected chi connectivity index (χ1v) is 10.4. The Labute approximate surface area is 172 Å². The first kappa shape index (κ1) is 21.1. The van der Waals surface area contributed by atoms with Crippen LogP contribution in [-0.2, 0) is 16.6 Å². The van der Waals surface area contributed by atoms with Crippen LogP contribution in [0, 0.1) is 5.92 Å². The van der Waals surface area contributed by atoms with Gasteiger partial charge in [-0.1, -0.05) is 39.8 Å². The number of anilines is 1. The van der Waals surface area contributed by atoms with Gasteiger partial charge in [0.2, 0.25) is 11.8 Å². The number of carbonyl (C=O) groups excluding carboxylic acids is 1. The molecule has 2 heterocycles. The minimum Gasteiger partial charge on any atom is -0.361 e. The molecule has 6 heteroatoms. The van der Waals surface area contributed by atoms with Gasteiger partial charge in [-0.25, -0.2) is 0 Å². The molecule has 6 nitrogen and oxygen atoms in total. The van der Waals surface area contributed by atoms with Gasteiger partial charge in [-0.05, 0) is 43.5 Å². The van der Waals surface area contributed by atoms with E-state index in [1.54, 1.807) is 0 Å². The number of hydrogen-bond donors (Lipinski definition) is 1. The Morgan fingerprint density at radius 3 is 2.62 bits per heavy atom. The highest BCUT2D eigenvalue weighted by molar-refractivity contribution is 5.96. The maximum Gasteiger partial charge on any atom is 0.227 e. The molecule has 0 radical (unpaired) electrons. The van der Waals surface area contributed by atoms with Crippen molar-refractivity contribution in [3.8, 4) is 0 Å². The number of H-pyrrole nitrogens is 1. The zero-order chi connectivity index (χ0) is 21.2. The third-order valence-corrected chi connectivity index (χ3v) is 5.03. The van der Waals surface area contributed by atoms with Crippen LogP contribution in [0.15, 0.2) is 35.0 Å². The molecule has 156 valence electrons. The number of nitrogens with zero attached hydrogens (tertiary/aromatic N) is 3. The van der Waals surface area contributed by atoms with Crippen LogP contribution >= 0.6 is 0 Å². The topological polar surface area (TPSA) is 75.0 Å². The summed E-state index contributed by atoms with van der Waals surface area (Å²) < 4.78 is 5.36. The Morgan fingerprint density at radius 1 is 1.21 bits per heavy atom. The third kappa shape index (κ3) is 5.05. The van der Waals surface area contributed by atoms with Crippen molar-refractivity contribution in [1.82, 2.24) is 15.1 Å². The maximum absolute atomic E-state index is 13.2. The number of benzene rings is 1. The Morgan fingerprint density at radius 2 is 1.97 bits per heavy atom. The van der Waals surface area contributed by atoms with E-state index in [-0.39, 0.29) is 17.4 Å². The van der Waals surface area contributed by atoms with Gasteiger partial charge in [-0.3, -0.25) is 4.79 Å². The lowest BCUT2D eigenvalue weighted by Gasteiger charge is -2.30. The van der Waals surface area contributed by atoms with Crippen molar-refractivity contribution in [3.05, 3.63) is 42.2 Å². The van der Waals surface area contributed by atoms with E-state index in [0.717, 1.165) is 23.0 Å². The molecule has 0 aliphatic heterocycles. The summed E-state index contributed by atoms with van der Waals surface area (Å²) in [5, 5.41) is 5.16. The smallest absolute Gasteiger partial charge is 0.227 e. The second-order valence-corrected chi connectivity index (χ2v) is 9.25. The second kappa shape index (κ2) is 8.39. The molecule has 29 heavy (non-hydrogen) atoms. The SMILES string of the molecule is CC(C)CC(C)N(C(=O)CCc1nc(C(C)(C)C)no1)c1ccc2[nH]ccc2c1. The van der Waals surface area contributed by atoms with Gasteiger partial charge in [0.05, 0.1) is 0 Å². The second-order valence-electron chi connectivity index (χ2n) is 9.25. The van der Waals surface area contributed by atoms with Crippen molar-refractivity contribution in [2.75, 3.05) is 4.90 Å². The molecule has 0 aliphatic rings. The van der Waals surface area contributed by atoms with Crippen molar-refractivity contribution in [2.45, 2.75) is 72.3 Å². The van der Waals surface area contributed by atoms with Crippen molar-refractivity contribution in [2.24, 2.45) is 5.92 Å². The van der Waals surface area contributed by atoms with Crippen molar-refractivity contribution in [3.63, 3.8) is 0 Å².